The van der Waals surface area contributed by atoms with Crippen LogP contribution in [0.25, 0.3) is 22.1 Å². The van der Waals surface area contributed by atoms with Crippen molar-refractivity contribution in [1.82, 2.24) is 24.6 Å². The Labute approximate surface area is 211 Å². The Balaban J connectivity index is 1.58. The maximum absolute atomic E-state index is 12.8. The lowest BCUT2D eigenvalue weighted by atomic mass is 10.2. The minimum atomic E-state index is -1.13. The first-order chi connectivity index (χ1) is 17.7. The Hall–Kier alpha value is -4.39. The summed E-state index contributed by atoms with van der Waals surface area (Å²) in [5, 5.41) is 20.1. The monoisotopic (exact) mass is 512 g/mol. The van der Waals surface area contributed by atoms with Crippen LogP contribution in [0.15, 0.2) is 45.6 Å². The van der Waals surface area contributed by atoms with Crippen molar-refractivity contribution in [2.24, 2.45) is 5.73 Å². The summed E-state index contributed by atoms with van der Waals surface area (Å²) in [6.07, 6.45) is -2.27. The number of benzene rings is 1. The second kappa shape index (κ2) is 11.1. The Kier molecular flexibility index (Phi) is 7.72. The van der Waals surface area contributed by atoms with Gasteiger partial charge in [-0.2, -0.15) is 0 Å². The average molecular weight is 513 g/mol. The second-order valence-corrected chi connectivity index (χ2v) is 8.72. The standard InChI is InChI=1S/C24H28N6O7/c25-22(32)28-11-13-29(23(33)34)9-7-27(8-10-30(14-12-28)24(35)36)15-16-5-6-18-20(31)17-3-1-2-4-19(17)37-21(18)26-16/h1-6H,7-15H2,(H2,25,32)(H,33,34)(H,35,36). The highest BCUT2D eigenvalue weighted by Crippen LogP contribution is 2.18. The molecule has 3 aromatic rings. The predicted molar refractivity (Wildman–Crippen MR) is 133 cm³/mol. The van der Waals surface area contributed by atoms with Crippen molar-refractivity contribution in [3.8, 4) is 0 Å². The fraction of sp³-hybridized carbons (Fsp3) is 0.375. The van der Waals surface area contributed by atoms with Gasteiger partial charge in [0.15, 0.2) is 0 Å². The molecule has 2 aromatic heterocycles. The highest BCUT2D eigenvalue weighted by atomic mass is 16.4. The molecule has 0 spiro atoms. The van der Waals surface area contributed by atoms with Crippen LogP contribution in [0.5, 0.6) is 0 Å². The van der Waals surface area contributed by atoms with Gasteiger partial charge in [0.05, 0.1) is 16.5 Å². The van der Waals surface area contributed by atoms with E-state index in [1.54, 1.807) is 36.4 Å². The highest BCUT2D eigenvalue weighted by molar-refractivity contribution is 5.87. The first kappa shape index (κ1) is 25.7. The summed E-state index contributed by atoms with van der Waals surface area (Å²) in [6, 6.07) is 9.53. The third-order valence-electron chi connectivity index (χ3n) is 6.39. The second-order valence-electron chi connectivity index (χ2n) is 8.72. The third kappa shape index (κ3) is 6.06. The van der Waals surface area contributed by atoms with E-state index in [4.69, 9.17) is 10.2 Å². The summed E-state index contributed by atoms with van der Waals surface area (Å²) in [5.74, 6) is 0. The Bertz CT molecular complexity index is 1350. The summed E-state index contributed by atoms with van der Waals surface area (Å²) < 4.78 is 5.85. The van der Waals surface area contributed by atoms with Crippen LogP contribution in [-0.4, -0.2) is 105 Å². The fourth-order valence-electron chi connectivity index (χ4n) is 4.25. The highest BCUT2D eigenvalue weighted by Gasteiger charge is 2.22. The molecule has 1 aliphatic heterocycles. The van der Waals surface area contributed by atoms with Crippen LogP contribution in [0.3, 0.4) is 0 Å². The number of carboxylic acid groups (broad SMARTS) is 2. The molecule has 1 fully saturated rings. The average Bonchev–Trinajstić information content (AvgIpc) is 2.85. The van der Waals surface area contributed by atoms with Crippen LogP contribution in [0, 0.1) is 0 Å². The summed E-state index contributed by atoms with van der Waals surface area (Å²) >= 11 is 0. The molecule has 0 bridgehead atoms. The minimum absolute atomic E-state index is 0.0334. The van der Waals surface area contributed by atoms with Gasteiger partial charge in [-0.05, 0) is 24.3 Å². The number of nitrogens with zero attached hydrogens (tertiary/aromatic N) is 5. The van der Waals surface area contributed by atoms with E-state index in [9.17, 15) is 29.4 Å². The molecule has 0 atom stereocenters. The van der Waals surface area contributed by atoms with Gasteiger partial charge in [-0.25, -0.2) is 19.4 Å². The van der Waals surface area contributed by atoms with Crippen LogP contribution < -0.4 is 11.2 Å². The zero-order chi connectivity index (χ0) is 26.5. The number of para-hydroxylation sites is 1. The summed E-state index contributed by atoms with van der Waals surface area (Å²) in [7, 11) is 0. The van der Waals surface area contributed by atoms with E-state index in [-0.39, 0.29) is 70.0 Å². The van der Waals surface area contributed by atoms with Crippen molar-refractivity contribution in [3.05, 3.63) is 52.3 Å². The number of hydrogen-bond donors (Lipinski definition) is 3. The van der Waals surface area contributed by atoms with Gasteiger partial charge in [0.25, 0.3) is 0 Å². The molecule has 196 valence electrons. The smallest absolute Gasteiger partial charge is 0.407 e. The van der Waals surface area contributed by atoms with E-state index in [0.29, 0.717) is 22.0 Å². The van der Waals surface area contributed by atoms with E-state index in [1.165, 1.54) is 14.7 Å². The molecular formula is C24H28N6O7. The lowest BCUT2D eigenvalue weighted by molar-refractivity contribution is 0.108. The van der Waals surface area contributed by atoms with Crippen LogP contribution >= 0.6 is 0 Å². The number of rotatable bonds is 2. The van der Waals surface area contributed by atoms with Gasteiger partial charge >= 0.3 is 18.2 Å². The van der Waals surface area contributed by atoms with Gasteiger partial charge in [0.1, 0.15) is 5.58 Å². The number of hydrogen-bond acceptors (Lipinski definition) is 7. The zero-order valence-electron chi connectivity index (χ0n) is 20.1. The third-order valence-corrected chi connectivity index (χ3v) is 6.39. The largest absolute Gasteiger partial charge is 0.465 e. The molecule has 0 saturated carbocycles. The molecule has 13 heteroatoms. The molecule has 37 heavy (non-hydrogen) atoms. The number of amides is 4. The van der Waals surface area contributed by atoms with Crippen molar-refractivity contribution in [2.75, 3.05) is 52.4 Å². The van der Waals surface area contributed by atoms with Crippen LogP contribution in [0.4, 0.5) is 14.4 Å². The fourth-order valence-corrected chi connectivity index (χ4v) is 4.25. The molecule has 0 unspecified atom stereocenters. The van der Waals surface area contributed by atoms with Crippen LogP contribution in [-0.2, 0) is 6.54 Å². The van der Waals surface area contributed by atoms with E-state index in [0.717, 1.165) is 0 Å². The van der Waals surface area contributed by atoms with Crippen molar-refractivity contribution < 1.29 is 29.0 Å². The maximum atomic E-state index is 12.8. The quantitative estimate of drug-likeness (QED) is 0.430. The number of urea groups is 1. The number of pyridine rings is 1. The van der Waals surface area contributed by atoms with E-state index < -0.39 is 18.2 Å². The van der Waals surface area contributed by atoms with Gasteiger partial charge in [0.2, 0.25) is 11.1 Å². The van der Waals surface area contributed by atoms with Gasteiger partial charge in [-0.3, -0.25) is 9.69 Å². The van der Waals surface area contributed by atoms with Crippen LogP contribution in [0.1, 0.15) is 5.69 Å². The Morgan fingerprint density at radius 2 is 1.38 bits per heavy atom. The van der Waals surface area contributed by atoms with E-state index >= 15 is 0 Å². The molecule has 1 saturated heterocycles. The first-order valence-electron chi connectivity index (χ1n) is 11.8. The topological polar surface area (TPSA) is 174 Å². The molecule has 1 aromatic carbocycles. The molecule has 3 heterocycles. The molecule has 4 amide bonds. The van der Waals surface area contributed by atoms with Crippen molar-refractivity contribution >= 4 is 40.3 Å². The molecule has 0 radical (unpaired) electrons. The van der Waals surface area contributed by atoms with Crippen molar-refractivity contribution in [3.63, 3.8) is 0 Å². The number of aromatic nitrogens is 1. The molecule has 0 aliphatic carbocycles. The van der Waals surface area contributed by atoms with Gasteiger partial charge in [-0.15, -0.1) is 0 Å². The SMILES string of the molecule is NC(=O)N1CCN(C(=O)O)CCN(Cc2ccc3c(=O)c4ccccc4oc3n2)CCN(C(=O)O)CC1. The minimum Gasteiger partial charge on any atom is -0.465 e. The molecular weight excluding hydrogens is 484 g/mol. The molecule has 1 aliphatic rings. The lowest BCUT2D eigenvalue weighted by Crippen LogP contribution is -2.50. The normalized spacial score (nSPS) is 16.4. The Morgan fingerprint density at radius 3 is 1.97 bits per heavy atom. The van der Waals surface area contributed by atoms with Gasteiger partial charge in [-0.1, -0.05) is 12.1 Å². The van der Waals surface area contributed by atoms with Crippen molar-refractivity contribution in [1.29, 1.82) is 0 Å². The number of nitrogens with two attached hydrogens (primary N) is 1. The number of carbonyl (C=O) groups is 3. The molecule has 13 nitrogen and oxygen atoms in total. The lowest BCUT2D eigenvalue weighted by Gasteiger charge is -2.32. The van der Waals surface area contributed by atoms with Crippen LogP contribution in [0.2, 0.25) is 0 Å². The first-order valence-corrected chi connectivity index (χ1v) is 11.8. The van der Waals surface area contributed by atoms with Gasteiger partial charge < -0.3 is 35.1 Å². The Morgan fingerprint density at radius 1 is 0.811 bits per heavy atom. The summed E-state index contributed by atoms with van der Waals surface area (Å²) in [6.45, 7) is 1.28. The number of carbonyl (C=O) groups excluding carboxylic acids is 1. The van der Waals surface area contributed by atoms with Crippen molar-refractivity contribution in [2.45, 2.75) is 6.54 Å². The summed E-state index contributed by atoms with van der Waals surface area (Å²) in [4.78, 5) is 58.1. The van der Waals surface area contributed by atoms with E-state index in [2.05, 4.69) is 4.98 Å². The maximum Gasteiger partial charge on any atom is 0.407 e. The number of fused-ring (bicyclic) bond motifs is 2. The van der Waals surface area contributed by atoms with E-state index in [1.807, 2.05) is 4.90 Å². The zero-order valence-corrected chi connectivity index (χ0v) is 20.1. The molecule has 4 N–H and O–H groups in total. The summed E-state index contributed by atoms with van der Waals surface area (Å²) in [5.41, 5.74) is 6.42. The number of primary amides is 1. The molecule has 4 rings (SSSR count). The predicted octanol–water partition coefficient (Wildman–Crippen LogP) is 1.50. The van der Waals surface area contributed by atoms with Gasteiger partial charge in [0, 0.05) is 58.9 Å².